The lowest BCUT2D eigenvalue weighted by Gasteiger charge is -2.44. The van der Waals surface area contributed by atoms with Crippen LogP contribution in [0.5, 0.6) is 0 Å². The third kappa shape index (κ3) is 3.24. The molecule has 3 heteroatoms. The fourth-order valence-corrected chi connectivity index (χ4v) is 3.82. The van der Waals surface area contributed by atoms with Crippen molar-refractivity contribution in [2.45, 2.75) is 64.0 Å². The largest absolute Gasteiger partial charge is 0.314 e. The molecule has 1 heterocycles. The lowest BCUT2D eigenvalue weighted by molar-refractivity contribution is 0.0554. The van der Waals surface area contributed by atoms with Crippen LogP contribution in [-0.4, -0.2) is 29.6 Å². The molecule has 0 spiro atoms. The van der Waals surface area contributed by atoms with Gasteiger partial charge in [-0.2, -0.15) is 5.26 Å². The number of rotatable bonds is 3. The van der Waals surface area contributed by atoms with Gasteiger partial charge in [-0.25, -0.2) is 0 Å². The van der Waals surface area contributed by atoms with Crippen LogP contribution in [0.15, 0.2) is 0 Å². The highest BCUT2D eigenvalue weighted by atomic mass is 15.2. The molecule has 2 N–H and O–H groups in total. The van der Waals surface area contributed by atoms with Crippen LogP contribution in [0.25, 0.3) is 0 Å². The minimum atomic E-state index is -0.678. The van der Waals surface area contributed by atoms with Gasteiger partial charge in [0.1, 0.15) is 5.54 Å². The Labute approximate surface area is 111 Å². The Bertz CT molecular complexity index is 318. The zero-order valence-electron chi connectivity index (χ0n) is 11.9. The van der Waals surface area contributed by atoms with Crippen molar-refractivity contribution in [1.29, 1.82) is 5.26 Å². The van der Waals surface area contributed by atoms with Crippen molar-refractivity contribution in [1.82, 2.24) is 4.90 Å². The molecule has 0 aromatic rings. The second-order valence-electron chi connectivity index (χ2n) is 6.67. The van der Waals surface area contributed by atoms with Crippen LogP contribution in [0.2, 0.25) is 0 Å². The Morgan fingerprint density at radius 3 is 2.67 bits per heavy atom. The van der Waals surface area contributed by atoms with Crippen LogP contribution in [-0.2, 0) is 0 Å². The number of fused-ring (bicyclic) bond motifs is 1. The molecule has 4 atom stereocenters. The highest BCUT2D eigenvalue weighted by molar-refractivity contribution is 5.03. The molecule has 2 aliphatic rings. The number of nitrogens with two attached hydrogens (primary N) is 1. The average Bonchev–Trinajstić information content (AvgIpc) is 2.37. The van der Waals surface area contributed by atoms with Crippen molar-refractivity contribution in [2.75, 3.05) is 13.1 Å². The van der Waals surface area contributed by atoms with Gasteiger partial charge in [-0.3, -0.25) is 0 Å². The molecule has 1 saturated heterocycles. The predicted octanol–water partition coefficient (Wildman–Crippen LogP) is 2.52. The zero-order valence-corrected chi connectivity index (χ0v) is 11.9. The zero-order chi connectivity index (χ0) is 13.2. The number of hydrogen-bond acceptors (Lipinski definition) is 3. The summed E-state index contributed by atoms with van der Waals surface area (Å²) in [7, 11) is 0. The number of nitrogens with zero attached hydrogens (tertiary/aromatic N) is 2. The van der Waals surface area contributed by atoms with Gasteiger partial charge >= 0.3 is 0 Å². The van der Waals surface area contributed by atoms with Crippen LogP contribution in [0.4, 0.5) is 0 Å². The number of likely N-dealkylation sites (tertiary alicyclic amines) is 1. The summed E-state index contributed by atoms with van der Waals surface area (Å²) in [6.07, 6.45) is 7.83. The summed E-state index contributed by atoms with van der Waals surface area (Å²) < 4.78 is 0. The summed E-state index contributed by atoms with van der Waals surface area (Å²) in [6, 6.07) is 2.65. The van der Waals surface area contributed by atoms with E-state index in [-0.39, 0.29) is 0 Å². The second kappa shape index (κ2) is 5.59. The lowest BCUT2D eigenvalue weighted by atomic mass is 9.74. The van der Waals surface area contributed by atoms with E-state index in [1.165, 1.54) is 45.2 Å². The van der Waals surface area contributed by atoms with Gasteiger partial charge in [-0.1, -0.05) is 19.3 Å². The van der Waals surface area contributed by atoms with E-state index < -0.39 is 5.54 Å². The van der Waals surface area contributed by atoms with Crippen molar-refractivity contribution in [3.8, 4) is 6.07 Å². The van der Waals surface area contributed by atoms with Gasteiger partial charge in [0.05, 0.1) is 6.07 Å². The van der Waals surface area contributed by atoms with Gasteiger partial charge in [0.2, 0.25) is 0 Å². The van der Waals surface area contributed by atoms with Gasteiger partial charge in [-0.05, 0) is 51.5 Å². The fraction of sp³-hybridized carbons (Fsp3) is 0.933. The molecule has 2 fully saturated rings. The molecule has 4 unspecified atom stereocenters. The Kier molecular flexibility index (Phi) is 4.29. The molecule has 1 saturated carbocycles. The molecule has 0 radical (unpaired) electrons. The van der Waals surface area contributed by atoms with Crippen LogP contribution in [0, 0.1) is 23.2 Å². The van der Waals surface area contributed by atoms with E-state index in [9.17, 15) is 0 Å². The van der Waals surface area contributed by atoms with Crippen LogP contribution in [0.1, 0.15) is 52.4 Å². The van der Waals surface area contributed by atoms with E-state index >= 15 is 0 Å². The molecule has 0 aromatic carbocycles. The third-order valence-corrected chi connectivity index (χ3v) is 4.92. The molecule has 102 valence electrons. The lowest BCUT2D eigenvalue weighted by Crippen LogP contribution is -2.49. The van der Waals surface area contributed by atoms with Crippen molar-refractivity contribution >= 4 is 0 Å². The van der Waals surface area contributed by atoms with Gasteiger partial charge in [0.25, 0.3) is 0 Å². The summed E-state index contributed by atoms with van der Waals surface area (Å²) in [5.74, 6) is 1.88. The van der Waals surface area contributed by atoms with E-state index in [1.807, 2.05) is 6.92 Å². The summed E-state index contributed by atoms with van der Waals surface area (Å²) in [5.41, 5.74) is 5.29. The van der Waals surface area contributed by atoms with E-state index in [2.05, 4.69) is 17.9 Å². The van der Waals surface area contributed by atoms with E-state index in [0.717, 1.165) is 18.3 Å². The van der Waals surface area contributed by atoms with Gasteiger partial charge in [0, 0.05) is 12.6 Å². The smallest absolute Gasteiger partial charge is 0.102 e. The molecule has 3 nitrogen and oxygen atoms in total. The van der Waals surface area contributed by atoms with E-state index in [4.69, 9.17) is 11.0 Å². The normalized spacial score (nSPS) is 34.1. The summed E-state index contributed by atoms with van der Waals surface area (Å²) in [5, 5.41) is 9.04. The maximum absolute atomic E-state index is 9.04. The summed E-state index contributed by atoms with van der Waals surface area (Å²) >= 11 is 0. The first kappa shape index (κ1) is 13.8. The molecule has 2 rings (SSSR count). The van der Waals surface area contributed by atoms with Gasteiger partial charge in [0.15, 0.2) is 0 Å². The standard InChI is InChI=1S/C15H27N3/c1-12(9-15(2,17)11-16)18-8-7-13-5-3-4-6-14(13)10-18/h12-14H,3-10,17H2,1-2H3. The van der Waals surface area contributed by atoms with Crippen molar-refractivity contribution < 1.29 is 0 Å². The summed E-state index contributed by atoms with van der Waals surface area (Å²) in [4.78, 5) is 2.56. The van der Waals surface area contributed by atoms with Crippen LogP contribution >= 0.6 is 0 Å². The Balaban J connectivity index is 1.88. The first-order chi connectivity index (χ1) is 8.52. The maximum atomic E-state index is 9.04. The third-order valence-electron chi connectivity index (χ3n) is 4.92. The molecular formula is C15H27N3. The highest BCUT2D eigenvalue weighted by Crippen LogP contribution is 2.37. The quantitative estimate of drug-likeness (QED) is 0.836. The first-order valence-electron chi connectivity index (χ1n) is 7.46. The molecular weight excluding hydrogens is 222 g/mol. The number of hydrogen-bond donors (Lipinski definition) is 1. The van der Waals surface area contributed by atoms with Crippen molar-refractivity contribution in [3.05, 3.63) is 0 Å². The first-order valence-corrected chi connectivity index (χ1v) is 7.46. The number of piperidine rings is 1. The molecule has 1 aliphatic heterocycles. The summed E-state index contributed by atoms with van der Waals surface area (Å²) in [6.45, 7) is 6.50. The Morgan fingerprint density at radius 1 is 1.33 bits per heavy atom. The minimum Gasteiger partial charge on any atom is -0.314 e. The molecule has 0 amide bonds. The average molecular weight is 249 g/mol. The van der Waals surface area contributed by atoms with Crippen molar-refractivity contribution in [2.24, 2.45) is 17.6 Å². The highest BCUT2D eigenvalue weighted by Gasteiger charge is 2.34. The molecule has 0 bridgehead atoms. The maximum Gasteiger partial charge on any atom is 0.102 e. The second-order valence-corrected chi connectivity index (χ2v) is 6.67. The topological polar surface area (TPSA) is 53.1 Å². The molecule has 1 aliphatic carbocycles. The van der Waals surface area contributed by atoms with Gasteiger partial charge in [-0.15, -0.1) is 0 Å². The Morgan fingerprint density at radius 2 is 2.00 bits per heavy atom. The molecule has 0 aromatic heterocycles. The Hall–Kier alpha value is -0.590. The van der Waals surface area contributed by atoms with Crippen molar-refractivity contribution in [3.63, 3.8) is 0 Å². The van der Waals surface area contributed by atoms with Crippen LogP contribution < -0.4 is 5.73 Å². The fourth-order valence-electron chi connectivity index (χ4n) is 3.82. The van der Waals surface area contributed by atoms with E-state index in [0.29, 0.717) is 6.04 Å². The number of nitriles is 1. The molecule has 18 heavy (non-hydrogen) atoms. The SMILES string of the molecule is CC(CC(C)(N)C#N)N1CCC2CCCCC2C1. The van der Waals surface area contributed by atoms with Crippen LogP contribution in [0.3, 0.4) is 0 Å². The minimum absolute atomic E-state index is 0.433. The monoisotopic (exact) mass is 249 g/mol. The van der Waals surface area contributed by atoms with Gasteiger partial charge < -0.3 is 10.6 Å². The van der Waals surface area contributed by atoms with E-state index in [1.54, 1.807) is 0 Å². The predicted molar refractivity (Wildman–Crippen MR) is 73.9 cm³/mol.